The SMILES string of the molecule is COc1ccc(CC[C@@H](C)NN2CCOCC2)cc1. The lowest BCUT2D eigenvalue weighted by atomic mass is 10.1. The van der Waals surface area contributed by atoms with Crippen molar-refractivity contribution in [2.45, 2.75) is 25.8 Å². The smallest absolute Gasteiger partial charge is 0.118 e. The second kappa shape index (κ2) is 7.48. The van der Waals surface area contributed by atoms with Crippen molar-refractivity contribution in [2.24, 2.45) is 0 Å². The summed E-state index contributed by atoms with van der Waals surface area (Å²) < 4.78 is 10.5. The van der Waals surface area contributed by atoms with Gasteiger partial charge >= 0.3 is 0 Å². The molecule has 0 bridgehead atoms. The molecule has 0 spiro atoms. The molecule has 1 aliphatic heterocycles. The molecule has 4 nitrogen and oxygen atoms in total. The lowest BCUT2D eigenvalue weighted by Crippen LogP contribution is -2.49. The van der Waals surface area contributed by atoms with Crippen LogP contribution in [0.15, 0.2) is 24.3 Å². The number of nitrogens with zero attached hydrogens (tertiary/aromatic N) is 1. The monoisotopic (exact) mass is 264 g/mol. The summed E-state index contributed by atoms with van der Waals surface area (Å²) in [5.41, 5.74) is 4.90. The number of methoxy groups -OCH3 is 1. The van der Waals surface area contributed by atoms with Crippen molar-refractivity contribution >= 4 is 0 Å². The van der Waals surface area contributed by atoms with E-state index >= 15 is 0 Å². The van der Waals surface area contributed by atoms with E-state index in [0.717, 1.165) is 44.9 Å². The third-order valence-corrected chi connectivity index (χ3v) is 3.44. The van der Waals surface area contributed by atoms with E-state index in [2.05, 4.69) is 29.5 Å². The van der Waals surface area contributed by atoms with Crippen molar-refractivity contribution in [1.82, 2.24) is 10.4 Å². The van der Waals surface area contributed by atoms with Crippen molar-refractivity contribution in [3.05, 3.63) is 29.8 Å². The summed E-state index contributed by atoms with van der Waals surface area (Å²) in [7, 11) is 1.70. The molecule has 1 heterocycles. The Morgan fingerprint density at radius 3 is 2.58 bits per heavy atom. The maximum absolute atomic E-state index is 5.34. The van der Waals surface area contributed by atoms with Crippen LogP contribution < -0.4 is 10.2 Å². The number of ether oxygens (including phenoxy) is 2. The molecule has 2 rings (SSSR count). The maximum atomic E-state index is 5.34. The van der Waals surface area contributed by atoms with E-state index < -0.39 is 0 Å². The number of morpholine rings is 1. The van der Waals surface area contributed by atoms with Crippen LogP contribution in [0.2, 0.25) is 0 Å². The second-order valence-electron chi connectivity index (χ2n) is 5.02. The van der Waals surface area contributed by atoms with Crippen molar-refractivity contribution < 1.29 is 9.47 Å². The highest BCUT2D eigenvalue weighted by atomic mass is 16.5. The molecule has 1 aliphatic rings. The predicted octanol–water partition coefficient (Wildman–Crippen LogP) is 1.85. The Kier molecular flexibility index (Phi) is 5.63. The fourth-order valence-electron chi connectivity index (χ4n) is 2.24. The minimum Gasteiger partial charge on any atom is -0.497 e. The first-order chi connectivity index (χ1) is 9.28. The van der Waals surface area contributed by atoms with Crippen LogP contribution in [0.1, 0.15) is 18.9 Å². The van der Waals surface area contributed by atoms with E-state index in [-0.39, 0.29) is 0 Å². The minimum atomic E-state index is 0.486. The van der Waals surface area contributed by atoms with Crippen LogP contribution in [0.5, 0.6) is 5.75 Å². The van der Waals surface area contributed by atoms with Gasteiger partial charge in [-0.1, -0.05) is 12.1 Å². The summed E-state index contributed by atoms with van der Waals surface area (Å²) in [6.07, 6.45) is 2.21. The van der Waals surface area contributed by atoms with E-state index in [4.69, 9.17) is 9.47 Å². The van der Waals surface area contributed by atoms with Crippen molar-refractivity contribution in [2.75, 3.05) is 33.4 Å². The normalized spacial score (nSPS) is 18.2. The first-order valence-electron chi connectivity index (χ1n) is 6.99. The molecule has 1 aromatic rings. The van der Waals surface area contributed by atoms with Crippen LogP contribution in [0.4, 0.5) is 0 Å². The topological polar surface area (TPSA) is 33.7 Å². The Balaban J connectivity index is 1.71. The van der Waals surface area contributed by atoms with Gasteiger partial charge in [0.25, 0.3) is 0 Å². The van der Waals surface area contributed by atoms with Crippen LogP contribution >= 0.6 is 0 Å². The number of hydrazine groups is 1. The Bertz CT molecular complexity index is 361. The predicted molar refractivity (Wildman–Crippen MR) is 76.3 cm³/mol. The fourth-order valence-corrected chi connectivity index (χ4v) is 2.24. The van der Waals surface area contributed by atoms with Crippen LogP contribution in [0.3, 0.4) is 0 Å². The van der Waals surface area contributed by atoms with E-state index in [1.54, 1.807) is 7.11 Å². The van der Waals surface area contributed by atoms with Gasteiger partial charge in [0.2, 0.25) is 0 Å². The second-order valence-corrected chi connectivity index (χ2v) is 5.02. The molecule has 1 fully saturated rings. The Hall–Kier alpha value is -1.10. The molecular formula is C15H24N2O2. The molecule has 4 heteroatoms. The number of rotatable bonds is 6. The van der Waals surface area contributed by atoms with Crippen molar-refractivity contribution in [3.63, 3.8) is 0 Å². The van der Waals surface area contributed by atoms with E-state index in [1.807, 2.05) is 12.1 Å². The molecule has 19 heavy (non-hydrogen) atoms. The molecule has 0 radical (unpaired) electrons. The third kappa shape index (κ3) is 4.82. The van der Waals surface area contributed by atoms with Crippen molar-refractivity contribution in [3.8, 4) is 5.75 Å². The summed E-state index contributed by atoms with van der Waals surface area (Å²) in [6, 6.07) is 8.81. The van der Waals surface area contributed by atoms with Gasteiger partial charge in [0, 0.05) is 19.1 Å². The number of hydrogen-bond acceptors (Lipinski definition) is 4. The summed E-state index contributed by atoms with van der Waals surface area (Å²) in [4.78, 5) is 0. The van der Waals surface area contributed by atoms with Crippen LogP contribution in [0, 0.1) is 0 Å². The van der Waals surface area contributed by atoms with Crippen LogP contribution in [-0.4, -0.2) is 44.5 Å². The van der Waals surface area contributed by atoms with Gasteiger partial charge in [0.15, 0.2) is 0 Å². The summed E-state index contributed by atoms with van der Waals surface area (Å²) >= 11 is 0. The molecule has 1 N–H and O–H groups in total. The van der Waals surface area contributed by atoms with Gasteiger partial charge in [-0.2, -0.15) is 0 Å². The molecule has 1 saturated heterocycles. The van der Waals surface area contributed by atoms with Gasteiger partial charge in [0.1, 0.15) is 5.75 Å². The Labute approximate surface area is 115 Å². The maximum Gasteiger partial charge on any atom is 0.118 e. The van der Waals surface area contributed by atoms with Crippen molar-refractivity contribution in [1.29, 1.82) is 0 Å². The first kappa shape index (κ1) is 14.3. The summed E-state index contributed by atoms with van der Waals surface area (Å²) in [5.74, 6) is 0.920. The summed E-state index contributed by atoms with van der Waals surface area (Å²) in [6.45, 7) is 5.86. The molecule has 0 aliphatic carbocycles. The fraction of sp³-hybridized carbons (Fsp3) is 0.600. The lowest BCUT2D eigenvalue weighted by molar-refractivity contribution is 0.00446. The van der Waals surface area contributed by atoms with E-state index in [1.165, 1.54) is 5.56 Å². The minimum absolute atomic E-state index is 0.486. The molecule has 0 unspecified atom stereocenters. The molecule has 106 valence electrons. The zero-order valence-corrected chi connectivity index (χ0v) is 11.9. The molecular weight excluding hydrogens is 240 g/mol. The van der Waals surface area contributed by atoms with Gasteiger partial charge in [0.05, 0.1) is 20.3 Å². The van der Waals surface area contributed by atoms with Gasteiger partial charge in [-0.3, -0.25) is 5.43 Å². The number of nitrogens with one attached hydrogen (secondary N) is 1. The average Bonchev–Trinajstić information content (AvgIpc) is 2.47. The highest BCUT2D eigenvalue weighted by Crippen LogP contribution is 2.13. The number of benzene rings is 1. The number of hydrogen-bond donors (Lipinski definition) is 1. The Morgan fingerprint density at radius 2 is 1.95 bits per heavy atom. The molecule has 0 aromatic heterocycles. The first-order valence-corrected chi connectivity index (χ1v) is 6.99. The van der Waals surface area contributed by atoms with Gasteiger partial charge in [-0.15, -0.1) is 0 Å². The van der Waals surface area contributed by atoms with Gasteiger partial charge in [-0.05, 0) is 37.5 Å². The Morgan fingerprint density at radius 1 is 1.26 bits per heavy atom. The van der Waals surface area contributed by atoms with E-state index in [9.17, 15) is 0 Å². The quantitative estimate of drug-likeness (QED) is 0.850. The molecule has 0 amide bonds. The molecule has 1 aromatic carbocycles. The van der Waals surface area contributed by atoms with E-state index in [0.29, 0.717) is 6.04 Å². The zero-order chi connectivity index (χ0) is 13.5. The van der Waals surface area contributed by atoms with Crippen LogP contribution in [0.25, 0.3) is 0 Å². The van der Waals surface area contributed by atoms with Gasteiger partial charge in [-0.25, -0.2) is 5.01 Å². The highest BCUT2D eigenvalue weighted by Gasteiger charge is 2.12. The lowest BCUT2D eigenvalue weighted by Gasteiger charge is -2.30. The third-order valence-electron chi connectivity index (χ3n) is 3.44. The average molecular weight is 264 g/mol. The molecule has 0 saturated carbocycles. The van der Waals surface area contributed by atoms with Gasteiger partial charge < -0.3 is 9.47 Å². The molecule has 1 atom stereocenters. The number of aryl methyl sites for hydroxylation is 1. The summed E-state index contributed by atoms with van der Waals surface area (Å²) in [5, 5.41) is 2.27. The zero-order valence-electron chi connectivity index (χ0n) is 11.9. The largest absolute Gasteiger partial charge is 0.497 e. The highest BCUT2D eigenvalue weighted by molar-refractivity contribution is 5.27. The van der Waals surface area contributed by atoms with Crippen LogP contribution in [-0.2, 0) is 11.2 Å². The standard InChI is InChI=1S/C15H24N2O2/c1-13(16-17-9-11-19-12-10-17)3-4-14-5-7-15(18-2)8-6-14/h5-8,13,16H,3-4,9-12H2,1-2H3/t13-/m1/s1.